The second kappa shape index (κ2) is 8.91. The summed E-state index contributed by atoms with van der Waals surface area (Å²) in [6, 6.07) is 8.06. The molecule has 0 unspecified atom stereocenters. The summed E-state index contributed by atoms with van der Waals surface area (Å²) in [4.78, 5) is 26.5. The molecular weight excluding hydrogens is 332 g/mol. The summed E-state index contributed by atoms with van der Waals surface area (Å²) in [6.07, 6.45) is 0.991. The van der Waals surface area contributed by atoms with Gasteiger partial charge < -0.3 is 10.1 Å². The lowest BCUT2D eigenvalue weighted by molar-refractivity contribution is -0.136. The Bertz CT molecular complexity index is 666. The van der Waals surface area contributed by atoms with Crippen LogP contribution in [-0.4, -0.2) is 73.4 Å². The fourth-order valence-corrected chi connectivity index (χ4v) is 3.05. The molecule has 2 amide bonds. The average Bonchev–Trinajstić information content (AvgIpc) is 2.65. The van der Waals surface area contributed by atoms with Crippen LogP contribution in [0.3, 0.4) is 0 Å². The van der Waals surface area contributed by atoms with Crippen molar-refractivity contribution < 1.29 is 14.3 Å². The largest absolute Gasteiger partial charge is 0.379 e. The van der Waals surface area contributed by atoms with E-state index in [0.29, 0.717) is 19.4 Å². The molecule has 140 valence electrons. The Labute approximate surface area is 154 Å². The first-order chi connectivity index (χ1) is 12.6. The van der Waals surface area contributed by atoms with Crippen molar-refractivity contribution in [2.75, 3.05) is 45.9 Å². The minimum Gasteiger partial charge on any atom is -0.379 e. The van der Waals surface area contributed by atoms with Gasteiger partial charge in [0.15, 0.2) is 0 Å². The number of carbonyl (C=O) groups excluding carboxylic acids is 2. The Kier molecular flexibility index (Phi) is 6.35. The van der Waals surface area contributed by atoms with Crippen molar-refractivity contribution in [3.05, 3.63) is 35.4 Å². The molecule has 3 rings (SSSR count). The van der Waals surface area contributed by atoms with Crippen LogP contribution in [0.25, 0.3) is 0 Å². The fourth-order valence-electron chi connectivity index (χ4n) is 3.05. The molecule has 0 atom stereocenters. The van der Waals surface area contributed by atoms with E-state index in [1.54, 1.807) is 0 Å². The number of morpholine rings is 1. The summed E-state index contributed by atoms with van der Waals surface area (Å²) in [6.45, 7) is 6.63. The van der Waals surface area contributed by atoms with E-state index in [9.17, 15) is 9.59 Å². The molecule has 2 aliphatic rings. The number of hydrogen-bond acceptors (Lipinski definition) is 5. The van der Waals surface area contributed by atoms with Gasteiger partial charge in [-0.2, -0.15) is 5.10 Å². The van der Waals surface area contributed by atoms with E-state index in [2.05, 4.69) is 15.3 Å². The van der Waals surface area contributed by atoms with Gasteiger partial charge in [0, 0.05) is 39.0 Å². The highest BCUT2D eigenvalue weighted by atomic mass is 16.5. The molecule has 1 saturated heterocycles. The van der Waals surface area contributed by atoms with Gasteiger partial charge in [0.2, 0.25) is 11.8 Å². The molecule has 0 aromatic heterocycles. The molecule has 0 aliphatic carbocycles. The zero-order valence-electron chi connectivity index (χ0n) is 15.2. The molecule has 7 nitrogen and oxygen atoms in total. The molecule has 1 aromatic rings. The molecule has 0 saturated carbocycles. The highest BCUT2D eigenvalue weighted by Gasteiger charge is 2.23. The number of ether oxygens (including phenoxy) is 1. The smallest absolute Gasteiger partial charge is 0.243 e. The van der Waals surface area contributed by atoms with Gasteiger partial charge in [-0.25, -0.2) is 5.01 Å². The topological polar surface area (TPSA) is 74.2 Å². The first kappa shape index (κ1) is 18.5. The lowest BCUT2D eigenvalue weighted by Crippen LogP contribution is -2.44. The van der Waals surface area contributed by atoms with Crippen LogP contribution in [-0.2, 0) is 14.3 Å². The SMILES string of the molecule is Cc1ccc(C2=NN(CC(=O)NCCN3CCOCC3)C(=O)CC2)cc1. The molecule has 1 fully saturated rings. The zero-order valence-corrected chi connectivity index (χ0v) is 15.2. The summed E-state index contributed by atoms with van der Waals surface area (Å²) in [5.74, 6) is -0.287. The minimum atomic E-state index is -0.180. The first-order valence-electron chi connectivity index (χ1n) is 9.13. The molecule has 0 spiro atoms. The van der Waals surface area contributed by atoms with Gasteiger partial charge in [0.25, 0.3) is 0 Å². The van der Waals surface area contributed by atoms with E-state index < -0.39 is 0 Å². The van der Waals surface area contributed by atoms with Crippen molar-refractivity contribution in [1.29, 1.82) is 0 Å². The molecule has 26 heavy (non-hydrogen) atoms. The molecule has 1 aromatic carbocycles. The van der Waals surface area contributed by atoms with E-state index in [-0.39, 0.29) is 18.4 Å². The second-order valence-electron chi connectivity index (χ2n) is 6.67. The highest BCUT2D eigenvalue weighted by Crippen LogP contribution is 2.15. The lowest BCUT2D eigenvalue weighted by atomic mass is 10.0. The predicted molar refractivity (Wildman–Crippen MR) is 98.9 cm³/mol. The van der Waals surface area contributed by atoms with Crippen molar-refractivity contribution in [2.24, 2.45) is 5.10 Å². The number of amides is 2. The maximum absolute atomic E-state index is 12.2. The molecule has 2 aliphatic heterocycles. The number of benzene rings is 1. The van der Waals surface area contributed by atoms with Gasteiger partial charge >= 0.3 is 0 Å². The van der Waals surface area contributed by atoms with Crippen LogP contribution in [0, 0.1) is 6.92 Å². The number of carbonyl (C=O) groups is 2. The van der Waals surface area contributed by atoms with Gasteiger partial charge in [0.05, 0.1) is 18.9 Å². The average molecular weight is 358 g/mol. The van der Waals surface area contributed by atoms with E-state index in [1.807, 2.05) is 31.2 Å². The van der Waals surface area contributed by atoms with Crippen LogP contribution in [0.4, 0.5) is 0 Å². The number of hydrogen-bond donors (Lipinski definition) is 1. The van der Waals surface area contributed by atoms with Gasteiger partial charge in [0.1, 0.15) is 6.54 Å². The maximum atomic E-state index is 12.2. The van der Waals surface area contributed by atoms with Crippen LogP contribution >= 0.6 is 0 Å². The molecule has 0 radical (unpaired) electrons. The molecular formula is C19H26N4O3. The van der Waals surface area contributed by atoms with Crippen molar-refractivity contribution >= 4 is 17.5 Å². The summed E-state index contributed by atoms with van der Waals surface area (Å²) in [7, 11) is 0. The number of rotatable bonds is 6. The third-order valence-corrected chi connectivity index (χ3v) is 4.64. The van der Waals surface area contributed by atoms with Crippen LogP contribution in [0.1, 0.15) is 24.0 Å². The summed E-state index contributed by atoms with van der Waals surface area (Å²) >= 11 is 0. The number of nitrogens with zero attached hydrogens (tertiary/aromatic N) is 3. The molecule has 2 heterocycles. The number of nitrogens with one attached hydrogen (secondary N) is 1. The standard InChI is InChI=1S/C19H26N4O3/c1-15-2-4-16(5-3-15)17-6-7-19(25)23(21-17)14-18(24)20-8-9-22-10-12-26-13-11-22/h2-5H,6-14H2,1H3,(H,20,24). The third-order valence-electron chi connectivity index (χ3n) is 4.64. The van der Waals surface area contributed by atoms with Gasteiger partial charge in [-0.1, -0.05) is 29.8 Å². The minimum absolute atomic E-state index is 0.0305. The molecule has 0 bridgehead atoms. The van der Waals surface area contributed by atoms with Gasteiger partial charge in [-0.15, -0.1) is 0 Å². The quantitative estimate of drug-likeness (QED) is 0.815. The van der Waals surface area contributed by atoms with Crippen molar-refractivity contribution in [2.45, 2.75) is 19.8 Å². The van der Waals surface area contributed by atoms with Gasteiger partial charge in [-0.05, 0) is 12.5 Å². The summed E-state index contributed by atoms with van der Waals surface area (Å²) in [5.41, 5.74) is 3.03. The van der Waals surface area contributed by atoms with Crippen molar-refractivity contribution in [3.8, 4) is 0 Å². The third kappa shape index (κ3) is 5.12. The molecule has 7 heteroatoms. The zero-order chi connectivity index (χ0) is 18.4. The number of hydrazone groups is 1. The molecule has 1 N–H and O–H groups in total. The Morgan fingerprint density at radius 3 is 2.65 bits per heavy atom. The van der Waals surface area contributed by atoms with Crippen LogP contribution in [0.2, 0.25) is 0 Å². The van der Waals surface area contributed by atoms with E-state index in [0.717, 1.165) is 44.1 Å². The van der Waals surface area contributed by atoms with Crippen LogP contribution < -0.4 is 5.32 Å². The summed E-state index contributed by atoms with van der Waals surface area (Å²) < 4.78 is 5.30. The van der Waals surface area contributed by atoms with Crippen LogP contribution in [0.15, 0.2) is 29.4 Å². The van der Waals surface area contributed by atoms with Gasteiger partial charge in [-0.3, -0.25) is 14.5 Å². The normalized spacial score (nSPS) is 18.6. The van der Waals surface area contributed by atoms with Crippen molar-refractivity contribution in [1.82, 2.24) is 15.2 Å². The van der Waals surface area contributed by atoms with E-state index in [1.165, 1.54) is 10.6 Å². The Morgan fingerprint density at radius 1 is 1.19 bits per heavy atom. The second-order valence-corrected chi connectivity index (χ2v) is 6.67. The lowest BCUT2D eigenvalue weighted by Gasteiger charge is -2.27. The maximum Gasteiger partial charge on any atom is 0.243 e. The Balaban J connectivity index is 1.51. The van der Waals surface area contributed by atoms with E-state index >= 15 is 0 Å². The highest BCUT2D eigenvalue weighted by molar-refractivity contribution is 6.04. The monoisotopic (exact) mass is 358 g/mol. The Morgan fingerprint density at radius 2 is 1.92 bits per heavy atom. The number of aryl methyl sites for hydroxylation is 1. The van der Waals surface area contributed by atoms with Crippen molar-refractivity contribution in [3.63, 3.8) is 0 Å². The fraction of sp³-hybridized carbons (Fsp3) is 0.526. The summed E-state index contributed by atoms with van der Waals surface area (Å²) in [5, 5.41) is 8.58. The Hall–Kier alpha value is -2.25. The predicted octanol–water partition coefficient (Wildman–Crippen LogP) is 0.770. The first-order valence-corrected chi connectivity index (χ1v) is 9.13. The van der Waals surface area contributed by atoms with E-state index in [4.69, 9.17) is 4.74 Å². The van der Waals surface area contributed by atoms with Crippen LogP contribution in [0.5, 0.6) is 0 Å².